The number of nitrogens with zero attached hydrogens (tertiary/aromatic N) is 3. The molecule has 0 radical (unpaired) electrons. The summed E-state index contributed by atoms with van der Waals surface area (Å²) in [5.41, 5.74) is -0.198. The number of hydrogen-bond acceptors (Lipinski definition) is 7. The topological polar surface area (TPSA) is 82.4 Å². The van der Waals surface area contributed by atoms with E-state index < -0.39 is 28.0 Å². The first-order chi connectivity index (χ1) is 17.9. The van der Waals surface area contributed by atoms with Crippen molar-refractivity contribution in [2.24, 2.45) is 0 Å². The molecule has 0 spiro atoms. The van der Waals surface area contributed by atoms with E-state index in [2.05, 4.69) is 9.72 Å². The first-order valence-electron chi connectivity index (χ1n) is 11.4. The van der Waals surface area contributed by atoms with Crippen LogP contribution in [-0.4, -0.2) is 54.8 Å². The molecule has 3 aromatic rings. The lowest BCUT2D eigenvalue weighted by molar-refractivity contribution is -0.355. The maximum Gasteiger partial charge on any atom is 0.523 e. The molecule has 2 aliphatic rings. The lowest BCUT2D eigenvalue weighted by atomic mass is 9.83. The summed E-state index contributed by atoms with van der Waals surface area (Å²) in [6, 6.07) is 2.34. The van der Waals surface area contributed by atoms with Crippen molar-refractivity contribution < 1.29 is 35.8 Å². The van der Waals surface area contributed by atoms with E-state index in [0.717, 1.165) is 5.56 Å². The quantitative estimate of drug-likeness (QED) is 0.376. The van der Waals surface area contributed by atoms with Crippen LogP contribution in [0.5, 0.6) is 11.5 Å². The molecule has 0 amide bonds. The number of rotatable bonds is 6. The lowest BCUT2D eigenvalue weighted by Gasteiger charge is -2.40. The number of ether oxygens (including phenoxy) is 3. The molecule has 2 aromatic heterocycles. The van der Waals surface area contributed by atoms with Gasteiger partial charge in [0.15, 0.2) is 15.1 Å². The molecule has 2 unspecified atom stereocenters. The van der Waals surface area contributed by atoms with E-state index in [-0.39, 0.29) is 23.1 Å². The Morgan fingerprint density at radius 2 is 2.00 bits per heavy atom. The maximum absolute atomic E-state index is 14.2. The largest absolute Gasteiger partial charge is 0.523 e. The van der Waals surface area contributed by atoms with Gasteiger partial charge < -0.3 is 9.47 Å². The van der Waals surface area contributed by atoms with Crippen LogP contribution in [0.1, 0.15) is 30.5 Å². The summed E-state index contributed by atoms with van der Waals surface area (Å²) < 4.78 is 86.3. The van der Waals surface area contributed by atoms with Crippen LogP contribution < -0.4 is 9.47 Å². The van der Waals surface area contributed by atoms with Crippen molar-refractivity contribution in [1.29, 1.82) is 0 Å². The first-order valence-corrected chi connectivity index (χ1v) is 14.1. The molecule has 14 heteroatoms. The van der Waals surface area contributed by atoms with Gasteiger partial charge in [-0.05, 0) is 43.0 Å². The van der Waals surface area contributed by atoms with Crippen LogP contribution in [0.25, 0.3) is 4.96 Å². The van der Waals surface area contributed by atoms with E-state index in [1.165, 1.54) is 47.3 Å². The Labute approximate surface area is 225 Å². The van der Waals surface area contributed by atoms with Crippen LogP contribution >= 0.6 is 22.9 Å². The number of fused-ring (bicyclic) bond motifs is 2. The van der Waals surface area contributed by atoms with E-state index in [4.69, 9.17) is 21.1 Å². The van der Waals surface area contributed by atoms with E-state index in [0.29, 0.717) is 34.0 Å². The van der Waals surface area contributed by atoms with Crippen molar-refractivity contribution in [1.82, 2.24) is 13.7 Å². The third-order valence-corrected chi connectivity index (χ3v) is 9.54. The molecule has 0 N–H and O–H groups in total. The van der Waals surface area contributed by atoms with Gasteiger partial charge in [0, 0.05) is 29.8 Å². The summed E-state index contributed by atoms with van der Waals surface area (Å²) in [6.07, 6.45) is 1.40. The molecule has 2 atom stereocenters. The van der Waals surface area contributed by atoms with Gasteiger partial charge >= 0.3 is 6.36 Å². The van der Waals surface area contributed by atoms with Crippen molar-refractivity contribution in [3.05, 3.63) is 63.8 Å². The summed E-state index contributed by atoms with van der Waals surface area (Å²) in [5.74, 6) is 0.843. The molecule has 0 saturated carbocycles. The highest BCUT2D eigenvalue weighted by Crippen LogP contribution is 2.48. The highest BCUT2D eigenvalue weighted by Gasteiger charge is 2.45. The summed E-state index contributed by atoms with van der Waals surface area (Å²) in [7, 11) is -1.38. The molecule has 5 rings (SSSR count). The van der Waals surface area contributed by atoms with Crippen molar-refractivity contribution in [3.8, 4) is 11.5 Å². The predicted molar refractivity (Wildman–Crippen MR) is 135 cm³/mol. The normalized spacial score (nSPS) is 22.4. The first kappa shape index (κ1) is 27.0. The van der Waals surface area contributed by atoms with Crippen LogP contribution in [0, 0.1) is 0 Å². The number of halogens is 4. The van der Waals surface area contributed by atoms with Crippen LogP contribution in [0.2, 0.25) is 5.15 Å². The zero-order valence-corrected chi connectivity index (χ0v) is 22.8. The number of thiazole rings is 1. The molecule has 3 heterocycles. The van der Waals surface area contributed by atoms with Crippen molar-refractivity contribution in [2.45, 2.75) is 42.8 Å². The van der Waals surface area contributed by atoms with Gasteiger partial charge in [0.1, 0.15) is 11.5 Å². The van der Waals surface area contributed by atoms with Crippen molar-refractivity contribution in [2.75, 3.05) is 20.8 Å². The summed E-state index contributed by atoms with van der Waals surface area (Å²) in [4.78, 5) is 4.56. The van der Waals surface area contributed by atoms with E-state index >= 15 is 0 Å². The average Bonchev–Trinajstić information content (AvgIpc) is 3.40. The van der Waals surface area contributed by atoms with Gasteiger partial charge in [-0.2, -0.15) is 4.31 Å². The minimum atomic E-state index is -4.89. The molecule has 0 bridgehead atoms. The number of imidazole rings is 1. The van der Waals surface area contributed by atoms with Gasteiger partial charge in [0.2, 0.25) is 0 Å². The van der Waals surface area contributed by atoms with Crippen molar-refractivity contribution in [3.63, 3.8) is 0 Å². The van der Waals surface area contributed by atoms with Gasteiger partial charge in [0.25, 0.3) is 10.0 Å². The minimum absolute atomic E-state index is 0.0199. The maximum atomic E-state index is 14.2. The third kappa shape index (κ3) is 4.70. The van der Waals surface area contributed by atoms with Crippen LogP contribution in [0.4, 0.5) is 13.2 Å². The van der Waals surface area contributed by atoms with Gasteiger partial charge in [-0.15, -0.1) is 24.5 Å². The van der Waals surface area contributed by atoms with Crippen LogP contribution in [-0.2, 0) is 21.2 Å². The van der Waals surface area contributed by atoms with E-state index in [9.17, 15) is 21.6 Å². The van der Waals surface area contributed by atoms with Gasteiger partial charge in [-0.3, -0.25) is 9.14 Å². The smallest absolute Gasteiger partial charge is 0.497 e. The fourth-order valence-electron chi connectivity index (χ4n) is 5.03. The Morgan fingerprint density at radius 1 is 1.24 bits per heavy atom. The monoisotopic (exact) mass is 589 g/mol. The fourth-order valence-corrected chi connectivity index (χ4v) is 8.03. The molecule has 0 fully saturated rings. The molecule has 204 valence electrons. The second-order valence-corrected chi connectivity index (χ2v) is 12.1. The van der Waals surface area contributed by atoms with Gasteiger partial charge in [-0.1, -0.05) is 23.8 Å². The highest BCUT2D eigenvalue weighted by atomic mass is 35.5. The summed E-state index contributed by atoms with van der Waals surface area (Å²) in [5, 5.41) is 1.27. The highest BCUT2D eigenvalue weighted by molar-refractivity contribution is 7.89. The Hall–Kier alpha value is -2.58. The number of sulfonamides is 1. The molecular formula is C24H23ClF3N3O5S2. The number of hydrogen-bond donors (Lipinski definition) is 0. The van der Waals surface area contributed by atoms with E-state index in [1.807, 2.05) is 0 Å². The molecule has 38 heavy (non-hydrogen) atoms. The molecule has 0 saturated heterocycles. The standard InChI is InChI=1S/C24H23ClF3N3O5S2/c1-23(36-24(26,27)28)7-4-5-15(13-23)19-18-14(11-16(34-2)12-17(18)35-3)6-8-31(19)38(32,33)21-20(25)29-22-30(21)9-10-37-22/h4-5,9-13,19H,6-8H2,1-3H3. The molecule has 1 aromatic carbocycles. The molecule has 1 aliphatic carbocycles. The van der Waals surface area contributed by atoms with Crippen LogP contribution in [0.15, 0.2) is 52.5 Å². The van der Waals surface area contributed by atoms with Crippen molar-refractivity contribution >= 4 is 37.9 Å². The molecule has 1 aliphatic heterocycles. The number of aromatic nitrogens is 2. The molecular weight excluding hydrogens is 567 g/mol. The Kier molecular flexibility index (Phi) is 6.79. The minimum Gasteiger partial charge on any atom is -0.497 e. The number of alkyl halides is 3. The second-order valence-electron chi connectivity index (χ2n) is 9.05. The second kappa shape index (κ2) is 9.56. The Balaban J connectivity index is 1.73. The molecule has 8 nitrogen and oxygen atoms in total. The fraction of sp³-hybridized carbons (Fsp3) is 0.375. The van der Waals surface area contributed by atoms with Gasteiger partial charge in [0.05, 0.1) is 25.9 Å². The zero-order chi connectivity index (χ0) is 27.5. The SMILES string of the molecule is COc1cc2c(c(OC)c1)C(C1=CC(C)(OC(F)(F)F)CC=C1)N(S(=O)(=O)c1c(Cl)nc3sccn13)CC2. The average molecular weight is 590 g/mol. The Bertz CT molecular complexity index is 1550. The third-order valence-electron chi connectivity index (χ3n) is 6.52. The zero-order valence-electron chi connectivity index (χ0n) is 20.5. The van der Waals surface area contributed by atoms with E-state index in [1.54, 1.807) is 35.9 Å². The van der Waals surface area contributed by atoms with Crippen LogP contribution in [0.3, 0.4) is 0 Å². The lowest BCUT2D eigenvalue weighted by Crippen LogP contribution is -2.43. The summed E-state index contributed by atoms with van der Waals surface area (Å²) in [6.45, 7) is 1.33. The summed E-state index contributed by atoms with van der Waals surface area (Å²) >= 11 is 7.54. The predicted octanol–water partition coefficient (Wildman–Crippen LogP) is 5.54. The number of benzene rings is 1. The number of methoxy groups -OCH3 is 2. The Morgan fingerprint density at radius 3 is 2.68 bits per heavy atom. The van der Waals surface area contributed by atoms with Gasteiger partial charge in [-0.25, -0.2) is 13.4 Å².